The Labute approximate surface area is 175 Å². The number of aliphatic imine (C=N–C) groups is 1. The number of hydrogen-bond donors (Lipinski definition) is 1. The van der Waals surface area contributed by atoms with E-state index in [9.17, 15) is 4.39 Å². The molecule has 1 aliphatic heterocycles. The summed E-state index contributed by atoms with van der Waals surface area (Å²) in [4.78, 5) is 15.3. The van der Waals surface area contributed by atoms with Gasteiger partial charge in [-0.05, 0) is 55.4 Å². The molecule has 1 fully saturated rings. The van der Waals surface area contributed by atoms with Crippen LogP contribution in [0, 0.1) is 11.7 Å². The predicted molar refractivity (Wildman–Crippen MR) is 117 cm³/mol. The Hall–Kier alpha value is -3.22. The van der Waals surface area contributed by atoms with Crippen molar-refractivity contribution in [2.75, 3.05) is 30.9 Å². The van der Waals surface area contributed by atoms with E-state index >= 15 is 0 Å². The van der Waals surface area contributed by atoms with Gasteiger partial charge in [-0.2, -0.15) is 9.97 Å². The molecule has 0 saturated heterocycles. The zero-order valence-electron chi connectivity index (χ0n) is 17.4. The maximum absolute atomic E-state index is 15.0. The van der Waals surface area contributed by atoms with Crippen LogP contribution in [-0.2, 0) is 6.42 Å². The highest BCUT2D eigenvalue weighted by molar-refractivity contribution is 6.05. The second-order valence-electron chi connectivity index (χ2n) is 8.33. The smallest absolute Gasteiger partial charge is 0.326 e. The average molecular weight is 405 g/mol. The van der Waals surface area contributed by atoms with Crippen molar-refractivity contribution >= 4 is 23.5 Å². The number of fused-ring (bicyclic) bond motifs is 1. The Bertz CT molecular complexity index is 1110. The number of allylic oxidation sites excluding steroid dienone is 1. The van der Waals surface area contributed by atoms with Crippen molar-refractivity contribution in [2.45, 2.75) is 26.2 Å². The summed E-state index contributed by atoms with van der Waals surface area (Å²) in [7, 11) is 3.77. The molecule has 0 spiro atoms. The molecule has 0 bridgehead atoms. The first-order chi connectivity index (χ1) is 14.5. The molecule has 0 radical (unpaired) electrons. The quantitative estimate of drug-likeness (QED) is 0.788. The lowest BCUT2D eigenvalue weighted by Gasteiger charge is -2.15. The Morgan fingerprint density at radius 3 is 2.77 bits per heavy atom. The van der Waals surface area contributed by atoms with Gasteiger partial charge in [-0.1, -0.05) is 17.7 Å². The summed E-state index contributed by atoms with van der Waals surface area (Å²) < 4.78 is 20.8. The van der Waals surface area contributed by atoms with Gasteiger partial charge >= 0.3 is 6.01 Å². The van der Waals surface area contributed by atoms with Gasteiger partial charge < -0.3 is 15.0 Å². The van der Waals surface area contributed by atoms with E-state index in [0.717, 1.165) is 29.9 Å². The number of anilines is 2. The standard InChI is InChI=1S/C23H24FN5O/c1-13-8-15-6-7-18(22(24)17(15)9-13)30-23-27-20(11-21(28-23)29(2)3)26-19-10-16(12-25-19)14-4-5-14/h6-7,9-11,14H,4-5,8,12H2,1-3H3,(H,25,26,27,28). The summed E-state index contributed by atoms with van der Waals surface area (Å²) in [6.45, 7) is 2.74. The molecule has 0 atom stereocenters. The zero-order valence-corrected chi connectivity index (χ0v) is 17.4. The average Bonchev–Trinajstić information content (AvgIpc) is 3.33. The molecule has 0 amide bonds. The highest BCUT2D eigenvalue weighted by Gasteiger charge is 2.28. The lowest BCUT2D eigenvalue weighted by molar-refractivity contribution is 0.411. The van der Waals surface area contributed by atoms with Crippen LogP contribution in [0.2, 0.25) is 0 Å². The highest BCUT2D eigenvalue weighted by atomic mass is 19.1. The third kappa shape index (κ3) is 3.67. The first-order valence-corrected chi connectivity index (χ1v) is 10.2. The molecule has 0 unspecified atom stereocenters. The monoisotopic (exact) mass is 405 g/mol. The molecule has 2 heterocycles. The number of nitrogens with one attached hydrogen (secondary N) is 1. The molecule has 1 aromatic carbocycles. The third-order valence-corrected chi connectivity index (χ3v) is 5.56. The third-order valence-electron chi connectivity index (χ3n) is 5.56. The molecule has 5 rings (SSSR count). The van der Waals surface area contributed by atoms with Crippen LogP contribution in [0.1, 0.15) is 30.9 Å². The molecule has 6 nitrogen and oxygen atoms in total. The number of benzene rings is 1. The van der Waals surface area contributed by atoms with Gasteiger partial charge in [-0.3, -0.25) is 4.99 Å². The molecular weight excluding hydrogens is 381 g/mol. The van der Waals surface area contributed by atoms with Crippen molar-refractivity contribution in [3.05, 3.63) is 52.4 Å². The molecule has 1 N–H and O–H groups in total. The minimum absolute atomic E-state index is 0.0891. The van der Waals surface area contributed by atoms with Crippen molar-refractivity contribution in [3.8, 4) is 11.8 Å². The molecule has 30 heavy (non-hydrogen) atoms. The van der Waals surface area contributed by atoms with E-state index < -0.39 is 0 Å². The van der Waals surface area contributed by atoms with Crippen LogP contribution >= 0.6 is 0 Å². The van der Waals surface area contributed by atoms with Crippen molar-refractivity contribution in [1.29, 1.82) is 0 Å². The molecule has 2 aromatic rings. The Morgan fingerprint density at radius 1 is 1.17 bits per heavy atom. The van der Waals surface area contributed by atoms with Crippen LogP contribution in [0.3, 0.4) is 0 Å². The van der Waals surface area contributed by atoms with E-state index in [0.29, 0.717) is 23.1 Å². The van der Waals surface area contributed by atoms with Crippen molar-refractivity contribution in [3.63, 3.8) is 0 Å². The molecule has 1 aromatic heterocycles. The van der Waals surface area contributed by atoms with Crippen LogP contribution in [0.15, 0.2) is 40.4 Å². The molecular formula is C23H24FN5O. The summed E-state index contributed by atoms with van der Waals surface area (Å²) in [6.07, 6.45) is 7.25. The molecule has 154 valence electrons. The minimum atomic E-state index is -0.380. The van der Waals surface area contributed by atoms with Gasteiger partial charge in [0.15, 0.2) is 11.6 Å². The number of aromatic nitrogens is 2. The van der Waals surface area contributed by atoms with Crippen LogP contribution in [0.25, 0.3) is 6.08 Å². The van der Waals surface area contributed by atoms with Crippen molar-refractivity contribution < 1.29 is 9.13 Å². The Balaban J connectivity index is 1.42. The van der Waals surface area contributed by atoms with Crippen LogP contribution in [0.5, 0.6) is 11.8 Å². The van der Waals surface area contributed by atoms with Gasteiger partial charge in [0.1, 0.15) is 17.5 Å². The van der Waals surface area contributed by atoms with Gasteiger partial charge in [-0.15, -0.1) is 0 Å². The summed E-state index contributed by atoms with van der Waals surface area (Å²) in [6, 6.07) is 5.45. The second-order valence-corrected chi connectivity index (χ2v) is 8.33. The second kappa shape index (κ2) is 7.23. The molecule has 3 aliphatic rings. The summed E-state index contributed by atoms with van der Waals surface area (Å²) in [5, 5.41) is 3.25. The number of rotatable bonds is 5. The number of ether oxygens (including phenoxy) is 1. The highest BCUT2D eigenvalue weighted by Crippen LogP contribution is 2.38. The predicted octanol–water partition coefficient (Wildman–Crippen LogP) is 4.59. The fraction of sp³-hybridized carbons (Fsp3) is 0.348. The summed E-state index contributed by atoms with van der Waals surface area (Å²) in [5.41, 5.74) is 4.07. The summed E-state index contributed by atoms with van der Waals surface area (Å²) >= 11 is 0. The van der Waals surface area contributed by atoms with Crippen LogP contribution < -0.4 is 15.0 Å². The van der Waals surface area contributed by atoms with E-state index in [4.69, 9.17) is 4.74 Å². The van der Waals surface area contributed by atoms with Gasteiger partial charge in [0.05, 0.1) is 6.54 Å². The molecule has 7 heteroatoms. The Morgan fingerprint density at radius 2 is 2.00 bits per heavy atom. The number of nitrogens with zero attached hydrogens (tertiary/aromatic N) is 4. The normalized spacial score (nSPS) is 17.3. The van der Waals surface area contributed by atoms with Gasteiger partial charge in [-0.25, -0.2) is 4.39 Å². The van der Waals surface area contributed by atoms with E-state index in [2.05, 4.69) is 26.4 Å². The zero-order chi connectivity index (χ0) is 20.8. The fourth-order valence-electron chi connectivity index (χ4n) is 3.80. The van der Waals surface area contributed by atoms with E-state index in [1.807, 2.05) is 44.1 Å². The van der Waals surface area contributed by atoms with Gasteiger partial charge in [0, 0.05) is 25.7 Å². The van der Waals surface area contributed by atoms with Crippen LogP contribution in [-0.4, -0.2) is 36.4 Å². The largest absolute Gasteiger partial charge is 0.421 e. The number of halogens is 1. The van der Waals surface area contributed by atoms with E-state index in [1.165, 1.54) is 18.4 Å². The minimum Gasteiger partial charge on any atom is -0.421 e. The lowest BCUT2D eigenvalue weighted by Crippen LogP contribution is -2.14. The van der Waals surface area contributed by atoms with E-state index in [-0.39, 0.29) is 17.6 Å². The van der Waals surface area contributed by atoms with Crippen molar-refractivity contribution in [1.82, 2.24) is 9.97 Å². The maximum Gasteiger partial charge on any atom is 0.326 e. The Kier molecular flexibility index (Phi) is 4.53. The van der Waals surface area contributed by atoms with Crippen LogP contribution in [0.4, 0.5) is 16.0 Å². The molecule has 2 aliphatic carbocycles. The first-order valence-electron chi connectivity index (χ1n) is 10.2. The molecule has 1 saturated carbocycles. The first kappa shape index (κ1) is 18.8. The number of amidine groups is 1. The summed E-state index contributed by atoms with van der Waals surface area (Å²) in [5.74, 6) is 2.44. The van der Waals surface area contributed by atoms with E-state index in [1.54, 1.807) is 6.07 Å². The topological polar surface area (TPSA) is 62.6 Å². The van der Waals surface area contributed by atoms with Gasteiger partial charge in [0.2, 0.25) is 0 Å². The lowest BCUT2D eigenvalue weighted by atomic mass is 10.1. The number of hydrogen-bond acceptors (Lipinski definition) is 6. The maximum atomic E-state index is 15.0. The van der Waals surface area contributed by atoms with Crippen molar-refractivity contribution in [2.24, 2.45) is 10.9 Å². The van der Waals surface area contributed by atoms with Gasteiger partial charge in [0.25, 0.3) is 0 Å². The fourth-order valence-corrected chi connectivity index (χ4v) is 3.80. The SMILES string of the molecule is CC1=Cc2c(ccc(Oc3nc(NC4=NCC(C5CC5)=C4)cc(N(C)C)n3)c2F)C1.